The van der Waals surface area contributed by atoms with Gasteiger partial charge in [0.2, 0.25) is 11.8 Å². The second kappa shape index (κ2) is 15.1. The number of piperidine rings is 1. The van der Waals surface area contributed by atoms with Crippen molar-refractivity contribution >= 4 is 29.6 Å². The highest BCUT2D eigenvalue weighted by atomic mass is 16.6. The summed E-state index contributed by atoms with van der Waals surface area (Å²) in [5, 5.41) is 20.8. The van der Waals surface area contributed by atoms with Gasteiger partial charge in [-0.25, -0.2) is 14.3 Å². The van der Waals surface area contributed by atoms with Crippen LogP contribution in [0, 0.1) is 5.92 Å². The predicted octanol–water partition coefficient (Wildman–Crippen LogP) is 4.64. The van der Waals surface area contributed by atoms with E-state index in [1.807, 2.05) is 30.3 Å². The third-order valence-corrected chi connectivity index (χ3v) is 10.8. The number of nitrogens with one attached hydrogen (secondary N) is 2. The summed E-state index contributed by atoms with van der Waals surface area (Å²) in [7, 11) is 0. The molecule has 2 aromatic rings. The third-order valence-electron chi connectivity index (χ3n) is 10.8. The molecule has 3 N–H and O–H groups in total. The maximum atomic E-state index is 14.5. The normalized spacial score (nSPS) is 27.7. The Bertz CT molecular complexity index is 1670. The number of benzene rings is 1. The average molecular weight is 705 g/mol. The van der Waals surface area contributed by atoms with Crippen molar-refractivity contribution < 1.29 is 29.0 Å². The van der Waals surface area contributed by atoms with Crippen LogP contribution in [0.25, 0.3) is 11.3 Å². The third kappa shape index (κ3) is 8.23. The smallest absolute Gasteiger partial charge is 0.408 e. The van der Waals surface area contributed by atoms with Gasteiger partial charge in [0.15, 0.2) is 0 Å². The molecule has 0 radical (unpaired) electrons. The lowest BCUT2D eigenvalue weighted by Crippen LogP contribution is -2.56. The maximum Gasteiger partial charge on any atom is 0.408 e. The summed E-state index contributed by atoms with van der Waals surface area (Å²) in [6.45, 7) is 6.84. The van der Waals surface area contributed by atoms with Crippen molar-refractivity contribution in [3.05, 3.63) is 46.8 Å². The summed E-state index contributed by atoms with van der Waals surface area (Å²) in [5.41, 5.74) is -0.268. The average Bonchev–Trinajstić information content (AvgIpc) is 3.61. The molecule has 5 atom stereocenters. The second-order valence-electron chi connectivity index (χ2n) is 15.7. The fraction of sp³-hybridized carbons (Fsp3) is 0.632. The number of anilines is 1. The highest BCUT2D eigenvalue weighted by Crippen LogP contribution is 2.47. The molecule has 3 amide bonds. The van der Waals surface area contributed by atoms with Gasteiger partial charge in [-0.1, -0.05) is 62.4 Å². The Balaban J connectivity index is 1.36. The Morgan fingerprint density at radius 1 is 0.961 bits per heavy atom. The van der Waals surface area contributed by atoms with Gasteiger partial charge in [-0.15, -0.1) is 0 Å². The van der Waals surface area contributed by atoms with Crippen molar-refractivity contribution in [1.82, 2.24) is 25.3 Å². The van der Waals surface area contributed by atoms with Crippen LogP contribution in [0.4, 0.5) is 10.5 Å². The van der Waals surface area contributed by atoms with E-state index in [0.29, 0.717) is 31.4 Å². The molecular weight excluding hydrogens is 652 g/mol. The first-order valence-corrected chi connectivity index (χ1v) is 18.7. The van der Waals surface area contributed by atoms with E-state index in [9.17, 15) is 29.1 Å². The number of carbonyl (C=O) groups excluding carboxylic acids is 3. The summed E-state index contributed by atoms with van der Waals surface area (Å²) in [6.07, 6.45) is 8.03. The van der Waals surface area contributed by atoms with E-state index in [0.717, 1.165) is 69.3 Å². The lowest BCUT2D eigenvalue weighted by Gasteiger charge is -2.31. The monoisotopic (exact) mass is 704 g/mol. The van der Waals surface area contributed by atoms with Gasteiger partial charge in [0, 0.05) is 37.7 Å². The molecule has 3 aliphatic heterocycles. The van der Waals surface area contributed by atoms with Crippen molar-refractivity contribution in [3.63, 3.8) is 0 Å². The number of carbonyl (C=O) groups is 4. The van der Waals surface area contributed by atoms with Crippen LogP contribution in [0.1, 0.15) is 104 Å². The van der Waals surface area contributed by atoms with Crippen LogP contribution in [-0.2, 0) is 19.1 Å². The molecule has 0 bridgehead atoms. The number of ether oxygens (including phenoxy) is 1. The fourth-order valence-corrected chi connectivity index (χ4v) is 8.01. The molecular formula is C38H52N6O7. The molecule has 1 aliphatic carbocycles. The Labute approximate surface area is 299 Å². The summed E-state index contributed by atoms with van der Waals surface area (Å²) in [5.74, 6) is -2.33. The molecule has 1 unspecified atom stereocenters. The molecule has 4 heterocycles. The summed E-state index contributed by atoms with van der Waals surface area (Å²) >= 11 is 0. The van der Waals surface area contributed by atoms with E-state index in [1.54, 1.807) is 26.8 Å². The van der Waals surface area contributed by atoms with Gasteiger partial charge >= 0.3 is 12.1 Å². The van der Waals surface area contributed by atoms with Crippen LogP contribution < -0.4 is 21.1 Å². The van der Waals surface area contributed by atoms with Crippen LogP contribution in [-0.4, -0.2) is 86.5 Å². The SMILES string of the molecule is CC(C)(C)OC(=O)N[C@@H]1CCCCCCC[C@@H]2C[C@]2(C(=O)O)NC(=O)C2C[C@H](n3nc(-c4ccccc4)c(N4CCCCC4)cc3=O)CN2C1=O. The van der Waals surface area contributed by atoms with Crippen molar-refractivity contribution in [2.24, 2.45) is 5.92 Å². The van der Waals surface area contributed by atoms with Crippen LogP contribution in [0.2, 0.25) is 0 Å². The summed E-state index contributed by atoms with van der Waals surface area (Å²) < 4.78 is 6.88. The summed E-state index contributed by atoms with van der Waals surface area (Å²) in [6, 6.07) is 8.53. The highest BCUT2D eigenvalue weighted by molar-refractivity contribution is 5.96. The van der Waals surface area contributed by atoms with E-state index in [2.05, 4.69) is 15.5 Å². The number of nitrogens with zero attached hydrogens (tertiary/aromatic N) is 4. The number of hydrogen-bond acceptors (Lipinski definition) is 8. The molecule has 1 saturated carbocycles. The van der Waals surface area contributed by atoms with E-state index >= 15 is 0 Å². The number of alkyl carbamates (subject to hydrolysis) is 1. The minimum atomic E-state index is -1.39. The molecule has 51 heavy (non-hydrogen) atoms. The zero-order chi connectivity index (χ0) is 36.3. The van der Waals surface area contributed by atoms with Crippen LogP contribution in [0.5, 0.6) is 0 Å². The van der Waals surface area contributed by atoms with Gasteiger partial charge in [-0.05, 0) is 65.2 Å². The number of fused-ring (bicyclic) bond motifs is 2. The molecule has 13 heteroatoms. The van der Waals surface area contributed by atoms with Gasteiger partial charge in [-0.2, -0.15) is 5.10 Å². The molecule has 0 spiro atoms. The van der Waals surface area contributed by atoms with Crippen LogP contribution >= 0.6 is 0 Å². The Morgan fingerprint density at radius 3 is 2.31 bits per heavy atom. The van der Waals surface area contributed by atoms with Gasteiger partial charge in [0.1, 0.15) is 28.9 Å². The van der Waals surface area contributed by atoms with E-state index < -0.39 is 53.1 Å². The van der Waals surface area contributed by atoms with E-state index in [4.69, 9.17) is 9.84 Å². The molecule has 3 saturated heterocycles. The first-order valence-electron chi connectivity index (χ1n) is 18.7. The number of carboxylic acids is 1. The van der Waals surface area contributed by atoms with Crippen LogP contribution in [0.15, 0.2) is 41.2 Å². The molecule has 4 aliphatic rings. The molecule has 6 rings (SSSR count). The second-order valence-corrected chi connectivity index (χ2v) is 15.7. The first-order chi connectivity index (χ1) is 24.4. The largest absolute Gasteiger partial charge is 0.479 e. The number of hydrogen-bond donors (Lipinski definition) is 3. The Morgan fingerprint density at radius 2 is 1.63 bits per heavy atom. The van der Waals surface area contributed by atoms with Gasteiger partial charge in [0.25, 0.3) is 5.56 Å². The maximum absolute atomic E-state index is 14.5. The zero-order valence-electron chi connectivity index (χ0n) is 30.1. The van der Waals surface area contributed by atoms with Gasteiger partial charge in [0.05, 0.1) is 11.7 Å². The topological polar surface area (TPSA) is 163 Å². The quantitative estimate of drug-likeness (QED) is 0.403. The molecule has 13 nitrogen and oxygen atoms in total. The lowest BCUT2D eigenvalue weighted by molar-refractivity contribution is -0.146. The first kappa shape index (κ1) is 36.4. The minimum Gasteiger partial charge on any atom is -0.479 e. The Hall–Kier alpha value is -4.42. The van der Waals surface area contributed by atoms with Crippen molar-refractivity contribution in [2.75, 3.05) is 24.5 Å². The number of aliphatic carboxylic acids is 1. The minimum absolute atomic E-state index is 0.0168. The van der Waals surface area contributed by atoms with Crippen molar-refractivity contribution in [1.29, 1.82) is 0 Å². The van der Waals surface area contributed by atoms with Crippen LogP contribution in [0.3, 0.4) is 0 Å². The van der Waals surface area contributed by atoms with Crippen molar-refractivity contribution in [2.45, 2.75) is 127 Å². The van der Waals surface area contributed by atoms with Crippen molar-refractivity contribution in [3.8, 4) is 11.3 Å². The molecule has 4 fully saturated rings. The number of carboxylic acid groups (broad SMARTS) is 1. The van der Waals surface area contributed by atoms with E-state index in [-0.39, 0.29) is 24.4 Å². The fourth-order valence-electron chi connectivity index (χ4n) is 8.01. The standard InChI is InChI=1S/C38H52N6O7/c1-37(2,3)51-36(50)39-28-18-12-6-4-5-11-17-26-23-38(26,35(48)49)40-33(46)30-21-27(24-43(30)34(28)47)44-31(45)22-29(42-19-13-8-14-20-42)32(41-44)25-15-9-7-10-16-25/h7,9-10,15-16,22,26-28,30H,4-6,8,11-14,17-21,23-24H2,1-3H3,(H,39,50)(H,40,46)(H,48,49)/t26-,27+,28-,30?,38+/m1/s1. The highest BCUT2D eigenvalue weighted by Gasteiger charge is 2.62. The number of amides is 3. The van der Waals surface area contributed by atoms with Gasteiger partial charge in [-0.3, -0.25) is 14.4 Å². The molecule has 276 valence electrons. The lowest BCUT2D eigenvalue weighted by atomic mass is 10.0. The number of rotatable bonds is 5. The predicted molar refractivity (Wildman–Crippen MR) is 191 cm³/mol. The van der Waals surface area contributed by atoms with Gasteiger partial charge < -0.3 is 30.3 Å². The number of aromatic nitrogens is 2. The summed E-state index contributed by atoms with van der Waals surface area (Å²) in [4.78, 5) is 71.7. The molecule has 1 aromatic heterocycles. The van der Waals surface area contributed by atoms with E-state index in [1.165, 1.54) is 9.58 Å². The molecule has 1 aromatic carbocycles. The Kier molecular flexibility index (Phi) is 10.7. The zero-order valence-corrected chi connectivity index (χ0v) is 30.1.